The molecule has 0 radical (unpaired) electrons. The molecule has 1 nitrogen and oxygen atoms in total. The van der Waals surface area contributed by atoms with E-state index in [1.54, 1.807) is 6.07 Å². The summed E-state index contributed by atoms with van der Waals surface area (Å²) in [4.78, 5) is 4.31. The molecular weight excluding hydrogens is 165 g/mol. The SMILES string of the molecule is CCc1cc(F)c2ccccc2n1. The molecule has 0 saturated carbocycles. The zero-order valence-electron chi connectivity index (χ0n) is 7.42. The second-order valence-corrected chi connectivity index (χ2v) is 2.97. The van der Waals surface area contributed by atoms with E-state index in [1.165, 1.54) is 6.07 Å². The number of rotatable bonds is 1. The third kappa shape index (κ3) is 1.39. The number of nitrogens with zero attached hydrogens (tertiary/aromatic N) is 1. The van der Waals surface area contributed by atoms with Crippen molar-refractivity contribution in [3.8, 4) is 0 Å². The number of pyridine rings is 1. The van der Waals surface area contributed by atoms with Crippen LogP contribution >= 0.6 is 0 Å². The standard InChI is InChI=1S/C11H10FN/c1-2-8-7-10(12)9-5-3-4-6-11(9)13-8/h3-7H,2H2,1H3. The first kappa shape index (κ1) is 8.17. The minimum Gasteiger partial charge on any atom is -0.253 e. The lowest BCUT2D eigenvalue weighted by Gasteiger charge is -2.01. The van der Waals surface area contributed by atoms with Gasteiger partial charge in [0.2, 0.25) is 0 Å². The molecule has 0 unspecified atom stereocenters. The summed E-state index contributed by atoms with van der Waals surface area (Å²) < 4.78 is 13.4. The van der Waals surface area contributed by atoms with Crippen LogP contribution in [0.15, 0.2) is 30.3 Å². The molecule has 2 aromatic rings. The fourth-order valence-electron chi connectivity index (χ4n) is 1.37. The van der Waals surface area contributed by atoms with Gasteiger partial charge in [0.1, 0.15) is 5.82 Å². The molecule has 2 heteroatoms. The normalized spacial score (nSPS) is 10.6. The first-order chi connectivity index (χ1) is 6.31. The number of hydrogen-bond donors (Lipinski definition) is 0. The molecule has 0 aliphatic rings. The number of halogens is 1. The van der Waals surface area contributed by atoms with Gasteiger partial charge in [0.25, 0.3) is 0 Å². The molecule has 0 N–H and O–H groups in total. The van der Waals surface area contributed by atoms with Gasteiger partial charge in [0.05, 0.1) is 5.52 Å². The van der Waals surface area contributed by atoms with Crippen LogP contribution in [-0.4, -0.2) is 4.98 Å². The van der Waals surface area contributed by atoms with Crippen LogP contribution < -0.4 is 0 Å². The molecule has 2 rings (SSSR count). The van der Waals surface area contributed by atoms with Gasteiger partial charge in [-0.2, -0.15) is 0 Å². The van der Waals surface area contributed by atoms with Gasteiger partial charge in [0.15, 0.2) is 0 Å². The molecule has 0 aliphatic heterocycles. The van der Waals surface area contributed by atoms with Gasteiger partial charge in [-0.15, -0.1) is 0 Å². The maximum Gasteiger partial charge on any atom is 0.134 e. The van der Waals surface area contributed by atoms with E-state index < -0.39 is 0 Å². The Morgan fingerprint density at radius 2 is 2.08 bits per heavy atom. The van der Waals surface area contributed by atoms with Crippen molar-refractivity contribution < 1.29 is 4.39 Å². The van der Waals surface area contributed by atoms with Crippen molar-refractivity contribution in [2.45, 2.75) is 13.3 Å². The Balaban J connectivity index is 2.77. The van der Waals surface area contributed by atoms with Crippen molar-refractivity contribution in [2.24, 2.45) is 0 Å². The molecular formula is C11H10FN. The number of aryl methyl sites for hydroxylation is 1. The highest BCUT2D eigenvalue weighted by Crippen LogP contribution is 2.16. The van der Waals surface area contributed by atoms with Crippen LogP contribution in [0.3, 0.4) is 0 Å². The van der Waals surface area contributed by atoms with E-state index in [0.717, 1.165) is 17.6 Å². The predicted molar refractivity (Wildman–Crippen MR) is 51.1 cm³/mol. The van der Waals surface area contributed by atoms with Gasteiger partial charge in [-0.1, -0.05) is 19.1 Å². The van der Waals surface area contributed by atoms with Crippen molar-refractivity contribution >= 4 is 10.9 Å². The summed E-state index contributed by atoms with van der Waals surface area (Å²) in [6.07, 6.45) is 0.766. The summed E-state index contributed by atoms with van der Waals surface area (Å²) in [5, 5.41) is 0.597. The molecule has 0 atom stereocenters. The van der Waals surface area contributed by atoms with Gasteiger partial charge in [-0.3, -0.25) is 4.98 Å². The second-order valence-electron chi connectivity index (χ2n) is 2.97. The molecule has 0 aliphatic carbocycles. The smallest absolute Gasteiger partial charge is 0.134 e. The van der Waals surface area contributed by atoms with E-state index in [4.69, 9.17) is 0 Å². The minimum absolute atomic E-state index is 0.178. The van der Waals surface area contributed by atoms with Crippen molar-refractivity contribution in [1.29, 1.82) is 0 Å². The number of para-hydroxylation sites is 1. The van der Waals surface area contributed by atoms with Crippen molar-refractivity contribution in [2.75, 3.05) is 0 Å². The molecule has 1 aromatic heterocycles. The summed E-state index contributed by atoms with van der Waals surface area (Å²) in [5.74, 6) is -0.178. The van der Waals surface area contributed by atoms with E-state index in [2.05, 4.69) is 4.98 Å². The Labute approximate surface area is 76.2 Å². The van der Waals surface area contributed by atoms with Crippen LogP contribution in [0.1, 0.15) is 12.6 Å². The van der Waals surface area contributed by atoms with Gasteiger partial charge in [-0.05, 0) is 24.6 Å². The zero-order chi connectivity index (χ0) is 9.26. The van der Waals surface area contributed by atoms with E-state index in [1.807, 2.05) is 25.1 Å². The Morgan fingerprint density at radius 3 is 2.85 bits per heavy atom. The predicted octanol–water partition coefficient (Wildman–Crippen LogP) is 2.94. The fraction of sp³-hybridized carbons (Fsp3) is 0.182. The zero-order valence-corrected chi connectivity index (χ0v) is 7.42. The lowest BCUT2D eigenvalue weighted by Crippen LogP contribution is -1.90. The van der Waals surface area contributed by atoms with E-state index >= 15 is 0 Å². The Morgan fingerprint density at radius 1 is 1.31 bits per heavy atom. The molecule has 1 heterocycles. The van der Waals surface area contributed by atoms with E-state index in [-0.39, 0.29) is 5.82 Å². The average Bonchev–Trinajstić information content (AvgIpc) is 2.18. The molecule has 0 spiro atoms. The third-order valence-electron chi connectivity index (χ3n) is 2.08. The van der Waals surface area contributed by atoms with Gasteiger partial charge < -0.3 is 0 Å². The first-order valence-corrected chi connectivity index (χ1v) is 4.35. The van der Waals surface area contributed by atoms with E-state index in [0.29, 0.717) is 5.39 Å². The van der Waals surface area contributed by atoms with Gasteiger partial charge in [-0.25, -0.2) is 4.39 Å². The Bertz CT molecular complexity index is 437. The van der Waals surface area contributed by atoms with Gasteiger partial charge in [0, 0.05) is 11.1 Å². The Hall–Kier alpha value is -1.44. The van der Waals surface area contributed by atoms with Crippen LogP contribution in [0.25, 0.3) is 10.9 Å². The monoisotopic (exact) mass is 175 g/mol. The highest BCUT2D eigenvalue weighted by molar-refractivity contribution is 5.79. The number of benzene rings is 1. The molecule has 0 bridgehead atoms. The Kier molecular flexibility index (Phi) is 1.97. The largest absolute Gasteiger partial charge is 0.253 e. The van der Waals surface area contributed by atoms with Crippen molar-refractivity contribution in [3.05, 3.63) is 41.8 Å². The number of aromatic nitrogens is 1. The lowest BCUT2D eigenvalue weighted by molar-refractivity contribution is 0.635. The second kappa shape index (κ2) is 3.13. The van der Waals surface area contributed by atoms with Crippen molar-refractivity contribution in [3.63, 3.8) is 0 Å². The number of hydrogen-bond acceptors (Lipinski definition) is 1. The van der Waals surface area contributed by atoms with Crippen LogP contribution in [0.5, 0.6) is 0 Å². The van der Waals surface area contributed by atoms with Crippen LogP contribution in [0.4, 0.5) is 4.39 Å². The highest BCUT2D eigenvalue weighted by atomic mass is 19.1. The van der Waals surface area contributed by atoms with Crippen LogP contribution in [0, 0.1) is 5.82 Å². The molecule has 0 fully saturated rings. The quantitative estimate of drug-likeness (QED) is 0.649. The molecule has 0 amide bonds. The third-order valence-corrected chi connectivity index (χ3v) is 2.08. The lowest BCUT2D eigenvalue weighted by atomic mass is 10.2. The average molecular weight is 175 g/mol. The maximum atomic E-state index is 13.4. The summed E-state index contributed by atoms with van der Waals surface area (Å²) in [6, 6.07) is 8.77. The summed E-state index contributed by atoms with van der Waals surface area (Å²) in [5.41, 5.74) is 1.54. The minimum atomic E-state index is -0.178. The van der Waals surface area contributed by atoms with E-state index in [9.17, 15) is 4.39 Å². The van der Waals surface area contributed by atoms with Crippen LogP contribution in [0.2, 0.25) is 0 Å². The van der Waals surface area contributed by atoms with Crippen LogP contribution in [-0.2, 0) is 6.42 Å². The van der Waals surface area contributed by atoms with Gasteiger partial charge >= 0.3 is 0 Å². The molecule has 1 aromatic carbocycles. The van der Waals surface area contributed by atoms with Crippen molar-refractivity contribution in [1.82, 2.24) is 4.98 Å². The molecule has 66 valence electrons. The fourth-order valence-corrected chi connectivity index (χ4v) is 1.37. The molecule has 13 heavy (non-hydrogen) atoms. The maximum absolute atomic E-state index is 13.4. The molecule has 0 saturated heterocycles. The number of fused-ring (bicyclic) bond motifs is 1. The highest BCUT2D eigenvalue weighted by Gasteiger charge is 2.02. The first-order valence-electron chi connectivity index (χ1n) is 4.35. The topological polar surface area (TPSA) is 12.9 Å². The summed E-state index contributed by atoms with van der Waals surface area (Å²) >= 11 is 0. The summed E-state index contributed by atoms with van der Waals surface area (Å²) in [7, 11) is 0. The summed E-state index contributed by atoms with van der Waals surface area (Å²) in [6.45, 7) is 1.97.